The average molecular weight is 386 g/mol. The second-order valence-electron chi connectivity index (χ2n) is 6.15. The molecule has 1 fully saturated rings. The van der Waals surface area contributed by atoms with Gasteiger partial charge >= 0.3 is 0 Å². The van der Waals surface area contributed by atoms with Crippen molar-refractivity contribution < 1.29 is 19.1 Å². The Hall–Kier alpha value is -1.99. The first-order valence-corrected chi connectivity index (χ1v) is 8.60. The number of hydrogen-bond donors (Lipinski definition) is 3. The Morgan fingerprint density at radius 2 is 2.00 bits per heavy atom. The number of benzene rings is 1. The van der Waals surface area contributed by atoms with Crippen LogP contribution >= 0.6 is 12.4 Å². The van der Waals surface area contributed by atoms with Gasteiger partial charge in [-0.3, -0.25) is 9.59 Å². The third-order valence-electron chi connectivity index (χ3n) is 4.36. The van der Waals surface area contributed by atoms with Crippen molar-refractivity contribution in [2.45, 2.75) is 20.4 Å². The Balaban J connectivity index is 0.00000338. The molecule has 1 saturated heterocycles. The molecule has 1 aromatic rings. The van der Waals surface area contributed by atoms with E-state index in [4.69, 9.17) is 9.47 Å². The molecule has 7 nitrogen and oxygen atoms in total. The lowest BCUT2D eigenvalue weighted by Crippen LogP contribution is -2.49. The van der Waals surface area contributed by atoms with Crippen molar-refractivity contribution in [1.82, 2.24) is 16.0 Å². The molecule has 1 unspecified atom stereocenters. The first-order valence-electron chi connectivity index (χ1n) is 8.60. The van der Waals surface area contributed by atoms with Crippen LogP contribution in [0.5, 0.6) is 11.5 Å². The summed E-state index contributed by atoms with van der Waals surface area (Å²) in [7, 11) is 1.54. The van der Waals surface area contributed by atoms with E-state index in [2.05, 4.69) is 16.0 Å². The highest BCUT2D eigenvalue weighted by atomic mass is 35.5. The maximum absolute atomic E-state index is 12.2. The highest BCUT2D eigenvalue weighted by Gasteiger charge is 2.28. The van der Waals surface area contributed by atoms with Gasteiger partial charge in [-0.25, -0.2) is 0 Å². The van der Waals surface area contributed by atoms with Crippen molar-refractivity contribution in [3.05, 3.63) is 23.8 Å². The van der Waals surface area contributed by atoms with E-state index >= 15 is 0 Å². The summed E-state index contributed by atoms with van der Waals surface area (Å²) in [5.41, 5.74) is 0.912. The van der Waals surface area contributed by atoms with Crippen LogP contribution in [0.1, 0.15) is 19.4 Å². The first kappa shape index (κ1) is 22.1. The summed E-state index contributed by atoms with van der Waals surface area (Å²) in [4.78, 5) is 23.7. The number of carbonyl (C=O) groups is 2. The Morgan fingerprint density at radius 1 is 1.27 bits per heavy atom. The predicted molar refractivity (Wildman–Crippen MR) is 102 cm³/mol. The number of hydrogen-bond acceptors (Lipinski definition) is 5. The van der Waals surface area contributed by atoms with Crippen LogP contribution in [-0.2, 0) is 16.1 Å². The molecule has 1 aromatic carbocycles. The molecule has 26 heavy (non-hydrogen) atoms. The molecule has 2 rings (SSSR count). The number of carbonyl (C=O) groups excluding carboxylic acids is 2. The Labute approximate surface area is 160 Å². The first-order chi connectivity index (χ1) is 12.0. The standard InChI is InChI=1S/C18H27N3O4.ClH/c1-4-20-17(22)11-25-15-6-5-13(7-16(15)24-3)8-21-18(23)12(2)14-9-19-10-14;/h5-7,12,14,19H,4,8-11H2,1-3H3,(H,20,22)(H,21,23);1H. The van der Waals surface area contributed by atoms with Gasteiger partial charge in [0, 0.05) is 19.0 Å². The lowest BCUT2D eigenvalue weighted by molar-refractivity contribution is -0.127. The molecular formula is C18H28ClN3O4. The molecule has 1 aliphatic rings. The molecule has 1 atom stereocenters. The quantitative estimate of drug-likeness (QED) is 0.592. The number of methoxy groups -OCH3 is 1. The zero-order chi connectivity index (χ0) is 18.2. The van der Waals surface area contributed by atoms with Crippen LogP contribution in [0.3, 0.4) is 0 Å². The van der Waals surface area contributed by atoms with E-state index in [1.807, 2.05) is 26.0 Å². The number of rotatable bonds is 9. The number of amides is 2. The van der Waals surface area contributed by atoms with Crippen LogP contribution in [0.15, 0.2) is 18.2 Å². The summed E-state index contributed by atoms with van der Waals surface area (Å²) < 4.78 is 10.8. The monoisotopic (exact) mass is 385 g/mol. The molecular weight excluding hydrogens is 358 g/mol. The molecule has 1 heterocycles. The molecule has 0 radical (unpaired) electrons. The minimum Gasteiger partial charge on any atom is -0.493 e. The number of halogens is 1. The molecule has 8 heteroatoms. The Kier molecular flexibility index (Phi) is 9.23. The van der Waals surface area contributed by atoms with Crippen molar-refractivity contribution in [2.75, 3.05) is 33.4 Å². The molecule has 0 bridgehead atoms. The number of likely N-dealkylation sites (N-methyl/N-ethyl adjacent to an activating group) is 1. The second-order valence-corrected chi connectivity index (χ2v) is 6.15. The van der Waals surface area contributed by atoms with E-state index in [0.29, 0.717) is 30.5 Å². The predicted octanol–water partition coefficient (Wildman–Crippen LogP) is 1.10. The zero-order valence-electron chi connectivity index (χ0n) is 15.5. The summed E-state index contributed by atoms with van der Waals surface area (Å²) in [6.45, 7) is 6.54. The van der Waals surface area contributed by atoms with Gasteiger partial charge in [0.1, 0.15) is 0 Å². The van der Waals surface area contributed by atoms with Crippen LogP contribution in [0, 0.1) is 11.8 Å². The van der Waals surface area contributed by atoms with Gasteiger partial charge in [0.05, 0.1) is 7.11 Å². The second kappa shape index (κ2) is 10.9. The van der Waals surface area contributed by atoms with E-state index in [0.717, 1.165) is 18.7 Å². The van der Waals surface area contributed by atoms with Gasteiger partial charge in [0.25, 0.3) is 5.91 Å². The zero-order valence-corrected chi connectivity index (χ0v) is 16.3. The molecule has 1 aliphatic heterocycles. The highest BCUT2D eigenvalue weighted by molar-refractivity contribution is 5.85. The van der Waals surface area contributed by atoms with Gasteiger partial charge in [0.15, 0.2) is 18.1 Å². The van der Waals surface area contributed by atoms with E-state index < -0.39 is 0 Å². The van der Waals surface area contributed by atoms with E-state index in [1.165, 1.54) is 0 Å². The normalized spacial score (nSPS) is 14.4. The van der Waals surface area contributed by atoms with Crippen LogP contribution in [0.25, 0.3) is 0 Å². The molecule has 146 valence electrons. The Morgan fingerprint density at radius 3 is 2.58 bits per heavy atom. The topological polar surface area (TPSA) is 88.7 Å². The molecule has 3 N–H and O–H groups in total. The minimum absolute atomic E-state index is 0. The van der Waals surface area contributed by atoms with Gasteiger partial charge in [0.2, 0.25) is 5.91 Å². The maximum atomic E-state index is 12.2. The van der Waals surface area contributed by atoms with Gasteiger partial charge in [-0.15, -0.1) is 12.4 Å². The number of nitrogens with one attached hydrogen (secondary N) is 3. The van der Waals surface area contributed by atoms with Crippen molar-refractivity contribution in [2.24, 2.45) is 11.8 Å². The van der Waals surface area contributed by atoms with Gasteiger partial charge in [-0.1, -0.05) is 13.0 Å². The summed E-state index contributed by atoms with van der Waals surface area (Å²) in [6, 6.07) is 5.41. The maximum Gasteiger partial charge on any atom is 0.257 e. The van der Waals surface area contributed by atoms with E-state index in [-0.39, 0.29) is 36.7 Å². The molecule has 0 aliphatic carbocycles. The smallest absolute Gasteiger partial charge is 0.257 e. The molecule has 0 saturated carbocycles. The lowest BCUT2D eigenvalue weighted by atomic mass is 9.88. The fourth-order valence-electron chi connectivity index (χ4n) is 2.56. The lowest BCUT2D eigenvalue weighted by Gasteiger charge is -2.31. The summed E-state index contributed by atoms with van der Waals surface area (Å²) >= 11 is 0. The Bertz CT molecular complexity index is 608. The minimum atomic E-state index is -0.180. The van der Waals surface area contributed by atoms with Crippen molar-refractivity contribution in [3.63, 3.8) is 0 Å². The average Bonchev–Trinajstić information content (AvgIpc) is 2.56. The molecule has 2 amide bonds. The van der Waals surface area contributed by atoms with Crippen LogP contribution in [0.4, 0.5) is 0 Å². The van der Waals surface area contributed by atoms with Crippen molar-refractivity contribution in [1.29, 1.82) is 0 Å². The van der Waals surface area contributed by atoms with Gasteiger partial charge < -0.3 is 25.4 Å². The summed E-state index contributed by atoms with van der Waals surface area (Å²) in [5.74, 6) is 1.33. The molecule has 0 spiro atoms. The largest absolute Gasteiger partial charge is 0.493 e. The third-order valence-corrected chi connectivity index (χ3v) is 4.36. The van der Waals surface area contributed by atoms with Crippen LogP contribution < -0.4 is 25.4 Å². The van der Waals surface area contributed by atoms with E-state index in [1.54, 1.807) is 13.2 Å². The van der Waals surface area contributed by atoms with Gasteiger partial charge in [-0.05, 0) is 43.6 Å². The van der Waals surface area contributed by atoms with Crippen molar-refractivity contribution in [3.8, 4) is 11.5 Å². The van der Waals surface area contributed by atoms with Crippen LogP contribution in [-0.4, -0.2) is 45.2 Å². The summed E-state index contributed by atoms with van der Waals surface area (Å²) in [5, 5.41) is 8.81. The SMILES string of the molecule is CCNC(=O)COc1ccc(CNC(=O)C(C)C2CNC2)cc1OC.Cl. The van der Waals surface area contributed by atoms with E-state index in [9.17, 15) is 9.59 Å². The fourth-order valence-corrected chi connectivity index (χ4v) is 2.56. The number of ether oxygens (including phenoxy) is 2. The van der Waals surface area contributed by atoms with Crippen LogP contribution in [0.2, 0.25) is 0 Å². The third kappa shape index (κ3) is 6.07. The molecule has 0 aromatic heterocycles. The van der Waals surface area contributed by atoms with Gasteiger partial charge in [-0.2, -0.15) is 0 Å². The van der Waals surface area contributed by atoms with Crippen molar-refractivity contribution >= 4 is 24.2 Å². The fraction of sp³-hybridized carbons (Fsp3) is 0.556. The summed E-state index contributed by atoms with van der Waals surface area (Å²) in [6.07, 6.45) is 0. The highest BCUT2D eigenvalue weighted by Crippen LogP contribution is 2.28.